The van der Waals surface area contributed by atoms with E-state index in [-0.39, 0.29) is 0 Å². The molecule has 0 aliphatic heterocycles. The first-order valence-electron chi connectivity index (χ1n) is 7.79. The Morgan fingerprint density at radius 3 is 2.35 bits per heavy atom. The van der Waals surface area contributed by atoms with Gasteiger partial charge in [-0.05, 0) is 49.4 Å². The van der Waals surface area contributed by atoms with E-state index in [1.807, 2.05) is 0 Å². The van der Waals surface area contributed by atoms with Gasteiger partial charge in [0.1, 0.15) is 0 Å². The lowest BCUT2D eigenvalue weighted by Crippen LogP contribution is -2.42. The third kappa shape index (κ3) is 3.47. The molecule has 1 N–H and O–H groups in total. The quantitative estimate of drug-likeness (QED) is 0.758. The minimum Gasteiger partial charge on any atom is -0.313 e. The molecule has 100 valence electrons. The minimum atomic E-state index is 0.574. The topological polar surface area (TPSA) is 12.0 Å². The molecule has 1 atom stereocenters. The minimum absolute atomic E-state index is 0.574. The fraction of sp³-hybridized carbons (Fsp3) is 1.00. The third-order valence-electron chi connectivity index (χ3n) is 5.39. The first-order chi connectivity index (χ1) is 8.05. The molecule has 1 heteroatoms. The first-order valence-corrected chi connectivity index (χ1v) is 7.79. The molecule has 0 saturated heterocycles. The van der Waals surface area contributed by atoms with Crippen LogP contribution in [0.5, 0.6) is 0 Å². The van der Waals surface area contributed by atoms with Crippen molar-refractivity contribution in [1.29, 1.82) is 0 Å². The molecule has 0 aromatic carbocycles. The summed E-state index contributed by atoms with van der Waals surface area (Å²) in [5.74, 6) is 0. The molecule has 2 aliphatic carbocycles. The van der Waals surface area contributed by atoms with E-state index in [4.69, 9.17) is 0 Å². The molecule has 2 fully saturated rings. The summed E-state index contributed by atoms with van der Waals surface area (Å²) in [7, 11) is 0. The maximum absolute atomic E-state index is 3.91. The highest BCUT2D eigenvalue weighted by Gasteiger charge is 2.34. The highest BCUT2D eigenvalue weighted by atomic mass is 14.9. The van der Waals surface area contributed by atoms with Crippen LogP contribution in [-0.2, 0) is 0 Å². The number of nitrogens with one attached hydrogen (secondary N) is 1. The molecule has 1 unspecified atom stereocenters. The Hall–Kier alpha value is -0.0400. The van der Waals surface area contributed by atoms with Crippen LogP contribution in [-0.4, -0.2) is 12.6 Å². The van der Waals surface area contributed by atoms with Crippen LogP contribution < -0.4 is 5.32 Å². The van der Waals surface area contributed by atoms with Gasteiger partial charge >= 0.3 is 0 Å². The van der Waals surface area contributed by atoms with Gasteiger partial charge in [-0.15, -0.1) is 0 Å². The molecule has 0 heterocycles. The predicted molar refractivity (Wildman–Crippen MR) is 75.2 cm³/mol. The smallest absolute Gasteiger partial charge is 0.00723 e. The molecule has 0 spiro atoms. The van der Waals surface area contributed by atoms with Crippen LogP contribution >= 0.6 is 0 Å². The van der Waals surface area contributed by atoms with Crippen molar-refractivity contribution in [3.05, 3.63) is 0 Å². The van der Waals surface area contributed by atoms with Crippen molar-refractivity contribution >= 4 is 0 Å². The summed E-state index contributed by atoms with van der Waals surface area (Å²) in [6, 6.07) is 0.794. The zero-order chi connectivity index (χ0) is 12.4. The zero-order valence-electron chi connectivity index (χ0n) is 12.1. The molecule has 0 aromatic rings. The Kier molecular flexibility index (Phi) is 4.18. The highest BCUT2D eigenvalue weighted by Crippen LogP contribution is 2.41. The number of rotatable bonds is 4. The summed E-state index contributed by atoms with van der Waals surface area (Å²) >= 11 is 0. The molecule has 0 radical (unpaired) electrons. The number of hydrogen-bond donors (Lipinski definition) is 1. The summed E-state index contributed by atoms with van der Waals surface area (Å²) in [5, 5.41) is 3.91. The van der Waals surface area contributed by atoms with E-state index in [0.29, 0.717) is 10.8 Å². The maximum atomic E-state index is 3.91. The van der Waals surface area contributed by atoms with E-state index in [9.17, 15) is 0 Å². The van der Waals surface area contributed by atoms with Gasteiger partial charge in [-0.25, -0.2) is 0 Å². The first kappa shape index (κ1) is 13.4. The summed E-state index contributed by atoms with van der Waals surface area (Å²) in [6.45, 7) is 8.54. The second-order valence-electron chi connectivity index (χ2n) is 7.40. The van der Waals surface area contributed by atoms with Gasteiger partial charge in [0.05, 0.1) is 0 Å². The van der Waals surface area contributed by atoms with Crippen LogP contribution in [0.4, 0.5) is 0 Å². The second kappa shape index (κ2) is 5.30. The SMILES string of the molecule is CCC1(CNC2CCCC(C)(C)C2)CCCC1. The van der Waals surface area contributed by atoms with Crippen molar-refractivity contribution in [3.8, 4) is 0 Å². The standard InChI is InChI=1S/C16H31N/c1-4-16(10-5-6-11-16)13-17-14-8-7-9-15(2,3)12-14/h14,17H,4-13H2,1-3H3. The normalized spacial score (nSPS) is 31.6. The van der Waals surface area contributed by atoms with Gasteiger partial charge in [0.15, 0.2) is 0 Å². The molecule has 2 rings (SSSR count). The lowest BCUT2D eigenvalue weighted by molar-refractivity contribution is 0.175. The summed E-state index contributed by atoms with van der Waals surface area (Å²) < 4.78 is 0. The largest absolute Gasteiger partial charge is 0.313 e. The lowest BCUT2D eigenvalue weighted by atomic mass is 9.74. The van der Waals surface area contributed by atoms with Crippen LogP contribution in [0.1, 0.15) is 78.6 Å². The van der Waals surface area contributed by atoms with Crippen LogP contribution in [0, 0.1) is 10.8 Å². The van der Waals surface area contributed by atoms with E-state index in [1.54, 1.807) is 0 Å². The third-order valence-corrected chi connectivity index (χ3v) is 5.39. The zero-order valence-corrected chi connectivity index (χ0v) is 12.1. The van der Waals surface area contributed by atoms with Crippen molar-refractivity contribution in [3.63, 3.8) is 0 Å². The van der Waals surface area contributed by atoms with Gasteiger partial charge < -0.3 is 5.32 Å². The molecule has 2 saturated carbocycles. The van der Waals surface area contributed by atoms with Gasteiger partial charge in [-0.2, -0.15) is 0 Å². The van der Waals surface area contributed by atoms with Crippen molar-refractivity contribution in [2.75, 3.05) is 6.54 Å². The number of hydrogen-bond acceptors (Lipinski definition) is 1. The van der Waals surface area contributed by atoms with Gasteiger partial charge in [0, 0.05) is 12.6 Å². The van der Waals surface area contributed by atoms with E-state index < -0.39 is 0 Å². The van der Waals surface area contributed by atoms with Crippen molar-refractivity contribution in [2.45, 2.75) is 84.6 Å². The fourth-order valence-corrected chi connectivity index (χ4v) is 4.01. The molecule has 0 aromatic heterocycles. The van der Waals surface area contributed by atoms with Crippen molar-refractivity contribution in [2.24, 2.45) is 10.8 Å². The Bertz CT molecular complexity index is 238. The van der Waals surface area contributed by atoms with Crippen LogP contribution in [0.25, 0.3) is 0 Å². The molecule has 1 nitrogen and oxygen atoms in total. The molecular weight excluding hydrogens is 206 g/mol. The van der Waals surface area contributed by atoms with Gasteiger partial charge in [-0.3, -0.25) is 0 Å². The Morgan fingerprint density at radius 1 is 1.06 bits per heavy atom. The second-order valence-corrected chi connectivity index (χ2v) is 7.40. The van der Waals surface area contributed by atoms with Crippen LogP contribution in [0.15, 0.2) is 0 Å². The van der Waals surface area contributed by atoms with Crippen LogP contribution in [0.3, 0.4) is 0 Å². The lowest BCUT2D eigenvalue weighted by Gasteiger charge is -2.38. The van der Waals surface area contributed by atoms with Gasteiger partial charge in [0.25, 0.3) is 0 Å². The maximum Gasteiger partial charge on any atom is 0.00723 e. The fourth-order valence-electron chi connectivity index (χ4n) is 4.01. The monoisotopic (exact) mass is 237 g/mol. The molecule has 0 bridgehead atoms. The van der Waals surface area contributed by atoms with E-state index in [0.717, 1.165) is 6.04 Å². The predicted octanol–water partition coefficient (Wildman–Crippen LogP) is 4.52. The summed E-state index contributed by atoms with van der Waals surface area (Å²) in [5.41, 5.74) is 1.23. The Balaban J connectivity index is 1.81. The molecular formula is C16H31N. The average Bonchev–Trinajstić information content (AvgIpc) is 2.75. The van der Waals surface area contributed by atoms with Crippen molar-refractivity contribution in [1.82, 2.24) is 5.32 Å². The van der Waals surface area contributed by atoms with Crippen molar-refractivity contribution < 1.29 is 0 Å². The van der Waals surface area contributed by atoms with Gasteiger partial charge in [0.2, 0.25) is 0 Å². The molecule has 2 aliphatic rings. The Morgan fingerprint density at radius 2 is 1.76 bits per heavy atom. The van der Waals surface area contributed by atoms with E-state index in [2.05, 4.69) is 26.1 Å². The van der Waals surface area contributed by atoms with E-state index >= 15 is 0 Å². The average molecular weight is 237 g/mol. The Labute approximate surface area is 108 Å². The van der Waals surface area contributed by atoms with Crippen LogP contribution in [0.2, 0.25) is 0 Å². The molecule has 17 heavy (non-hydrogen) atoms. The molecule has 0 amide bonds. The van der Waals surface area contributed by atoms with Gasteiger partial charge in [-0.1, -0.05) is 40.0 Å². The summed E-state index contributed by atoms with van der Waals surface area (Å²) in [6.07, 6.45) is 12.9. The summed E-state index contributed by atoms with van der Waals surface area (Å²) in [4.78, 5) is 0. The van der Waals surface area contributed by atoms with E-state index in [1.165, 1.54) is 64.3 Å². The highest BCUT2D eigenvalue weighted by molar-refractivity contribution is 4.89.